The Balaban J connectivity index is 1.84. The molecule has 1 aliphatic heterocycles. The zero-order chi connectivity index (χ0) is 14.5. The topological polar surface area (TPSA) is 49.3 Å². The molecule has 6 heteroatoms. The third kappa shape index (κ3) is 4.15. The lowest BCUT2D eigenvalue weighted by Crippen LogP contribution is -2.49. The van der Waals surface area contributed by atoms with Gasteiger partial charge in [0.25, 0.3) is 5.91 Å². The van der Waals surface area contributed by atoms with E-state index in [9.17, 15) is 4.79 Å². The summed E-state index contributed by atoms with van der Waals surface area (Å²) in [6.45, 7) is 8.94. The summed E-state index contributed by atoms with van der Waals surface area (Å²) in [7, 11) is 0. The molecule has 2 rings (SSSR count). The lowest BCUT2D eigenvalue weighted by Gasteiger charge is -2.34. The quantitative estimate of drug-likeness (QED) is 0.852. The number of halogens is 1. The third-order valence-corrected chi connectivity index (χ3v) is 3.73. The summed E-state index contributed by atoms with van der Waals surface area (Å²) in [4.78, 5) is 16.5. The van der Waals surface area contributed by atoms with Gasteiger partial charge in [-0.15, -0.1) is 10.2 Å². The molecule has 1 amide bonds. The van der Waals surface area contributed by atoms with E-state index in [0.717, 1.165) is 38.6 Å². The van der Waals surface area contributed by atoms with Gasteiger partial charge in [-0.2, -0.15) is 0 Å². The smallest absolute Gasteiger partial charge is 0.274 e. The van der Waals surface area contributed by atoms with Crippen LogP contribution in [0.4, 0.5) is 0 Å². The molecule has 0 spiro atoms. The Hall–Kier alpha value is -1.20. The number of carbonyl (C=O) groups is 1. The fourth-order valence-electron chi connectivity index (χ4n) is 2.21. The fourth-order valence-corrected chi connectivity index (χ4v) is 2.31. The van der Waals surface area contributed by atoms with Gasteiger partial charge in [0.15, 0.2) is 10.8 Å². The molecule has 0 bridgehead atoms. The summed E-state index contributed by atoms with van der Waals surface area (Å²) < 4.78 is 0. The van der Waals surface area contributed by atoms with Gasteiger partial charge < -0.3 is 4.90 Å². The van der Waals surface area contributed by atoms with Crippen molar-refractivity contribution in [3.63, 3.8) is 0 Å². The Kier molecular flexibility index (Phi) is 5.31. The number of nitrogens with zero attached hydrogens (tertiary/aromatic N) is 4. The minimum Gasteiger partial charge on any atom is -0.335 e. The Morgan fingerprint density at radius 1 is 1.25 bits per heavy atom. The van der Waals surface area contributed by atoms with Crippen LogP contribution in [0.3, 0.4) is 0 Å². The van der Waals surface area contributed by atoms with E-state index in [1.807, 2.05) is 4.90 Å². The minimum absolute atomic E-state index is 0.0577. The van der Waals surface area contributed by atoms with Crippen LogP contribution < -0.4 is 0 Å². The van der Waals surface area contributed by atoms with Crippen LogP contribution in [0.5, 0.6) is 0 Å². The summed E-state index contributed by atoms with van der Waals surface area (Å²) >= 11 is 5.68. The van der Waals surface area contributed by atoms with E-state index in [1.54, 1.807) is 12.1 Å². The molecule has 1 aliphatic rings. The van der Waals surface area contributed by atoms with Crippen molar-refractivity contribution in [2.75, 3.05) is 32.7 Å². The predicted molar refractivity (Wildman–Crippen MR) is 78.8 cm³/mol. The molecule has 1 aromatic heterocycles. The van der Waals surface area contributed by atoms with E-state index in [4.69, 9.17) is 11.6 Å². The second-order valence-electron chi connectivity index (χ2n) is 5.56. The van der Waals surface area contributed by atoms with Gasteiger partial charge in [-0.1, -0.05) is 25.4 Å². The van der Waals surface area contributed by atoms with Gasteiger partial charge in [0, 0.05) is 26.2 Å². The van der Waals surface area contributed by atoms with Crippen molar-refractivity contribution >= 4 is 17.5 Å². The maximum atomic E-state index is 12.2. The van der Waals surface area contributed by atoms with Crippen LogP contribution >= 0.6 is 11.6 Å². The second-order valence-corrected chi connectivity index (χ2v) is 5.94. The molecule has 1 aromatic rings. The molecule has 0 unspecified atom stereocenters. The van der Waals surface area contributed by atoms with Crippen molar-refractivity contribution in [1.82, 2.24) is 20.0 Å². The van der Waals surface area contributed by atoms with Crippen LogP contribution in [0.25, 0.3) is 0 Å². The Morgan fingerprint density at radius 3 is 2.50 bits per heavy atom. The molecule has 5 nitrogen and oxygen atoms in total. The molecule has 0 aromatic carbocycles. The third-order valence-electron chi connectivity index (χ3n) is 3.53. The molecule has 20 heavy (non-hydrogen) atoms. The number of amides is 1. The average Bonchev–Trinajstić information content (AvgIpc) is 2.46. The Labute approximate surface area is 124 Å². The summed E-state index contributed by atoms with van der Waals surface area (Å²) in [5, 5.41) is 7.87. The van der Waals surface area contributed by atoms with Gasteiger partial charge in [0.2, 0.25) is 0 Å². The number of aromatic nitrogens is 2. The molecule has 0 radical (unpaired) electrons. The van der Waals surface area contributed by atoms with E-state index in [2.05, 4.69) is 28.9 Å². The van der Waals surface area contributed by atoms with Crippen LogP contribution in [-0.2, 0) is 0 Å². The van der Waals surface area contributed by atoms with E-state index >= 15 is 0 Å². The summed E-state index contributed by atoms with van der Waals surface area (Å²) in [5.74, 6) is 0.664. The van der Waals surface area contributed by atoms with E-state index in [0.29, 0.717) is 10.8 Å². The molecule has 1 saturated heterocycles. The SMILES string of the molecule is CC(C)CCN1CCN(C(=O)c2ccc(Cl)nn2)CC1. The second kappa shape index (κ2) is 6.99. The summed E-state index contributed by atoms with van der Waals surface area (Å²) in [6.07, 6.45) is 1.20. The number of rotatable bonds is 4. The van der Waals surface area contributed by atoms with Crippen molar-refractivity contribution in [1.29, 1.82) is 0 Å². The maximum absolute atomic E-state index is 12.2. The van der Waals surface area contributed by atoms with Crippen molar-refractivity contribution in [3.8, 4) is 0 Å². The largest absolute Gasteiger partial charge is 0.335 e. The fraction of sp³-hybridized carbons (Fsp3) is 0.643. The summed E-state index contributed by atoms with van der Waals surface area (Å²) in [6, 6.07) is 3.23. The van der Waals surface area contributed by atoms with Crippen LogP contribution in [0.15, 0.2) is 12.1 Å². The van der Waals surface area contributed by atoms with E-state index in [-0.39, 0.29) is 5.91 Å². The number of hydrogen-bond donors (Lipinski definition) is 0. The lowest BCUT2D eigenvalue weighted by molar-refractivity contribution is 0.0625. The van der Waals surface area contributed by atoms with Crippen LogP contribution in [0.2, 0.25) is 5.15 Å². The zero-order valence-corrected chi connectivity index (χ0v) is 12.8. The first-order valence-corrected chi connectivity index (χ1v) is 7.45. The van der Waals surface area contributed by atoms with Gasteiger partial charge in [0.05, 0.1) is 0 Å². The van der Waals surface area contributed by atoms with Gasteiger partial charge in [-0.3, -0.25) is 9.69 Å². The molecular weight excluding hydrogens is 276 g/mol. The Bertz CT molecular complexity index is 441. The Morgan fingerprint density at radius 2 is 1.95 bits per heavy atom. The maximum Gasteiger partial charge on any atom is 0.274 e. The van der Waals surface area contributed by atoms with Crippen molar-refractivity contribution in [2.45, 2.75) is 20.3 Å². The van der Waals surface area contributed by atoms with Crippen LogP contribution in [-0.4, -0.2) is 58.6 Å². The standard InChI is InChI=1S/C14H21ClN4O/c1-11(2)5-6-18-7-9-19(10-8-18)14(20)12-3-4-13(15)17-16-12/h3-4,11H,5-10H2,1-2H3. The highest BCUT2D eigenvalue weighted by Crippen LogP contribution is 2.10. The highest BCUT2D eigenvalue weighted by atomic mass is 35.5. The van der Waals surface area contributed by atoms with Gasteiger partial charge in [-0.25, -0.2) is 0 Å². The minimum atomic E-state index is -0.0577. The monoisotopic (exact) mass is 296 g/mol. The molecule has 1 fully saturated rings. The molecule has 0 saturated carbocycles. The van der Waals surface area contributed by atoms with E-state index in [1.165, 1.54) is 6.42 Å². The van der Waals surface area contributed by atoms with Crippen LogP contribution in [0.1, 0.15) is 30.8 Å². The first-order chi connectivity index (χ1) is 9.56. The van der Waals surface area contributed by atoms with E-state index < -0.39 is 0 Å². The highest BCUT2D eigenvalue weighted by Gasteiger charge is 2.23. The molecule has 0 atom stereocenters. The zero-order valence-electron chi connectivity index (χ0n) is 12.0. The number of hydrogen-bond acceptors (Lipinski definition) is 4. The number of carbonyl (C=O) groups excluding carboxylic acids is 1. The van der Waals surface area contributed by atoms with Gasteiger partial charge >= 0.3 is 0 Å². The molecule has 2 heterocycles. The highest BCUT2D eigenvalue weighted by molar-refractivity contribution is 6.29. The van der Waals surface area contributed by atoms with Crippen molar-refractivity contribution < 1.29 is 4.79 Å². The normalized spacial score (nSPS) is 16.7. The molecule has 110 valence electrons. The van der Waals surface area contributed by atoms with Gasteiger partial charge in [-0.05, 0) is 31.0 Å². The van der Waals surface area contributed by atoms with Gasteiger partial charge in [0.1, 0.15) is 0 Å². The molecular formula is C14H21ClN4O. The molecule has 0 N–H and O–H groups in total. The average molecular weight is 297 g/mol. The van der Waals surface area contributed by atoms with Crippen molar-refractivity contribution in [2.24, 2.45) is 5.92 Å². The lowest BCUT2D eigenvalue weighted by atomic mass is 10.1. The summed E-state index contributed by atoms with van der Waals surface area (Å²) in [5.41, 5.74) is 0.366. The molecule has 0 aliphatic carbocycles. The first kappa shape index (κ1) is 15.2. The number of piperazine rings is 1. The predicted octanol–water partition coefficient (Wildman–Crippen LogP) is 1.93. The van der Waals surface area contributed by atoms with Crippen molar-refractivity contribution in [3.05, 3.63) is 23.0 Å². The first-order valence-electron chi connectivity index (χ1n) is 7.07. The van der Waals surface area contributed by atoms with Crippen LogP contribution in [0, 0.1) is 5.92 Å².